The standard InChI is InChI=1S/C22H27N7O3S/c1-15(30)19-20(23)29-21(25-22(19)27-8-10-33(31,32)11-9-27)18(12-24-29)16-13-26(2)28(14-16)17-6-4-3-5-7-17/h3-7,23-24H,8-14H2,1-2H3/b18-16-,23-20?. The Morgan fingerprint density at radius 2 is 1.82 bits per heavy atom. The Balaban J connectivity index is 1.57. The number of nitrogens with zero attached hydrogens (tertiary/aromatic N) is 5. The molecule has 1 aromatic heterocycles. The highest BCUT2D eigenvalue weighted by molar-refractivity contribution is 7.91. The molecule has 2 N–H and O–H groups in total. The van der Waals surface area contributed by atoms with Gasteiger partial charge in [-0.05, 0) is 24.6 Å². The molecule has 0 aliphatic carbocycles. The largest absolute Gasteiger partial charge is 0.354 e. The van der Waals surface area contributed by atoms with E-state index in [1.165, 1.54) is 12.5 Å². The molecule has 2 aromatic rings. The van der Waals surface area contributed by atoms with Gasteiger partial charge in [-0.3, -0.25) is 10.2 Å². The average Bonchev–Trinajstić information content (AvgIpc) is 3.37. The minimum absolute atomic E-state index is 0.0204. The molecule has 0 radical (unpaired) electrons. The molecule has 11 heteroatoms. The van der Waals surface area contributed by atoms with Crippen LogP contribution in [0.15, 0.2) is 35.9 Å². The first-order valence-electron chi connectivity index (χ1n) is 10.9. The maximum Gasteiger partial charge on any atom is 0.167 e. The van der Waals surface area contributed by atoms with E-state index in [0.29, 0.717) is 24.7 Å². The summed E-state index contributed by atoms with van der Waals surface area (Å²) in [7, 11) is -1.04. The summed E-state index contributed by atoms with van der Waals surface area (Å²) in [5.41, 5.74) is 6.78. The number of rotatable bonds is 3. The molecule has 2 fully saturated rings. The number of hydrogen-bond acceptors (Lipinski definition) is 9. The van der Waals surface area contributed by atoms with Crippen LogP contribution in [0.3, 0.4) is 0 Å². The van der Waals surface area contributed by atoms with Crippen LogP contribution in [0.25, 0.3) is 5.57 Å². The van der Waals surface area contributed by atoms with E-state index in [9.17, 15) is 13.2 Å². The monoisotopic (exact) mass is 469 g/mol. The maximum atomic E-state index is 12.5. The van der Waals surface area contributed by atoms with E-state index in [2.05, 4.69) is 27.6 Å². The van der Waals surface area contributed by atoms with Crippen LogP contribution in [-0.2, 0) is 9.84 Å². The van der Waals surface area contributed by atoms with Crippen molar-refractivity contribution in [2.75, 3.05) is 66.6 Å². The Labute approximate surface area is 192 Å². The Morgan fingerprint density at radius 1 is 1.12 bits per heavy atom. The lowest BCUT2D eigenvalue weighted by molar-refractivity contribution is 0.101. The minimum atomic E-state index is -3.08. The quantitative estimate of drug-likeness (QED) is 0.624. The van der Waals surface area contributed by atoms with Crippen molar-refractivity contribution in [3.63, 3.8) is 0 Å². The van der Waals surface area contributed by atoms with Crippen molar-refractivity contribution in [3.8, 4) is 0 Å². The van der Waals surface area contributed by atoms with Crippen LogP contribution in [0.5, 0.6) is 0 Å². The van der Waals surface area contributed by atoms with E-state index in [-0.39, 0.29) is 41.4 Å². The van der Waals surface area contributed by atoms with Gasteiger partial charge in [-0.2, -0.15) is 0 Å². The third kappa shape index (κ3) is 3.80. The zero-order valence-corrected chi connectivity index (χ0v) is 19.5. The van der Waals surface area contributed by atoms with Crippen molar-refractivity contribution < 1.29 is 13.2 Å². The molecule has 3 aliphatic rings. The van der Waals surface area contributed by atoms with E-state index in [4.69, 9.17) is 10.4 Å². The number of sulfone groups is 1. The second-order valence-electron chi connectivity index (χ2n) is 8.64. The van der Waals surface area contributed by atoms with Gasteiger partial charge in [0, 0.05) is 32.3 Å². The van der Waals surface area contributed by atoms with Gasteiger partial charge in [-0.1, -0.05) is 18.2 Å². The summed E-state index contributed by atoms with van der Waals surface area (Å²) in [6.45, 7) is 3.90. The first-order valence-corrected chi connectivity index (χ1v) is 12.7. The van der Waals surface area contributed by atoms with Gasteiger partial charge in [0.1, 0.15) is 11.4 Å². The molecule has 33 heavy (non-hydrogen) atoms. The van der Waals surface area contributed by atoms with Gasteiger partial charge in [0.15, 0.2) is 26.9 Å². The fourth-order valence-corrected chi connectivity index (χ4v) is 5.88. The van der Waals surface area contributed by atoms with Gasteiger partial charge in [0.05, 0.1) is 30.3 Å². The molecule has 3 aliphatic heterocycles. The van der Waals surface area contributed by atoms with Crippen molar-refractivity contribution in [2.24, 2.45) is 0 Å². The van der Waals surface area contributed by atoms with Crippen molar-refractivity contribution in [3.05, 3.63) is 52.8 Å². The molecular formula is C22H27N7O3S. The van der Waals surface area contributed by atoms with Gasteiger partial charge >= 0.3 is 0 Å². The lowest BCUT2D eigenvalue weighted by Gasteiger charge is -2.29. The summed E-state index contributed by atoms with van der Waals surface area (Å²) < 4.78 is 25.4. The molecule has 0 unspecified atom stereocenters. The Kier molecular flexibility index (Phi) is 5.25. The van der Waals surface area contributed by atoms with Crippen LogP contribution in [0.2, 0.25) is 0 Å². The summed E-state index contributed by atoms with van der Waals surface area (Å²) in [4.78, 5) is 19.1. The fourth-order valence-electron chi connectivity index (χ4n) is 4.68. The number of nitrogens with one attached hydrogen (secondary N) is 2. The molecule has 0 saturated carbocycles. The zero-order valence-electron chi connectivity index (χ0n) is 18.7. The van der Waals surface area contributed by atoms with Crippen LogP contribution >= 0.6 is 0 Å². The molecule has 5 rings (SSSR count). The number of carbonyl (C=O) groups excluding carboxylic acids is 1. The minimum Gasteiger partial charge on any atom is -0.354 e. The van der Waals surface area contributed by atoms with Crippen molar-refractivity contribution in [2.45, 2.75) is 6.92 Å². The number of benzene rings is 1. The number of anilines is 2. The highest BCUT2D eigenvalue weighted by Crippen LogP contribution is 2.30. The van der Waals surface area contributed by atoms with Crippen LogP contribution in [0, 0.1) is 5.41 Å². The van der Waals surface area contributed by atoms with Gasteiger partial charge in [0.2, 0.25) is 0 Å². The molecule has 4 heterocycles. The topological polar surface area (TPSA) is 115 Å². The van der Waals surface area contributed by atoms with Gasteiger partial charge < -0.3 is 15.3 Å². The summed E-state index contributed by atoms with van der Waals surface area (Å²) in [6, 6.07) is 10.2. The number of fused-ring (bicyclic) bond motifs is 1. The number of likely N-dealkylation sites (N-methyl/N-ethyl adjacent to an activating group) is 1. The normalized spacial score (nSPS) is 22.4. The average molecular weight is 470 g/mol. The van der Waals surface area contributed by atoms with Crippen molar-refractivity contribution in [1.29, 1.82) is 5.41 Å². The zero-order chi connectivity index (χ0) is 23.3. The number of hydrazine groups is 1. The number of Topliss-reactive ketones (excluding diaryl/α,β-unsaturated/α-hetero) is 1. The summed E-state index contributed by atoms with van der Waals surface area (Å²) in [5, 5.41) is 13.1. The van der Waals surface area contributed by atoms with E-state index in [0.717, 1.165) is 17.8 Å². The van der Waals surface area contributed by atoms with E-state index in [1.54, 1.807) is 4.68 Å². The molecule has 1 aromatic carbocycles. The number of aromatic nitrogens is 2. The number of para-hydroxylation sites is 1. The predicted molar refractivity (Wildman–Crippen MR) is 127 cm³/mol. The molecular weight excluding hydrogens is 442 g/mol. The summed E-state index contributed by atoms with van der Waals surface area (Å²) >= 11 is 0. The van der Waals surface area contributed by atoms with Crippen LogP contribution in [-0.4, -0.2) is 80.1 Å². The first kappa shape index (κ1) is 21.7. The van der Waals surface area contributed by atoms with Crippen LogP contribution in [0.4, 0.5) is 11.5 Å². The van der Waals surface area contributed by atoms with Crippen LogP contribution in [0.1, 0.15) is 23.1 Å². The highest BCUT2D eigenvalue weighted by Gasteiger charge is 2.33. The first-order chi connectivity index (χ1) is 15.7. The Hall–Kier alpha value is -3.18. The smallest absolute Gasteiger partial charge is 0.167 e. The number of hydrogen-bond donors (Lipinski definition) is 2. The predicted octanol–water partition coefficient (Wildman–Crippen LogP) is 0.478. The van der Waals surface area contributed by atoms with E-state index in [1.807, 2.05) is 30.1 Å². The summed E-state index contributed by atoms with van der Waals surface area (Å²) in [5.74, 6) is 0.803. The second-order valence-corrected chi connectivity index (χ2v) is 10.9. The van der Waals surface area contributed by atoms with Gasteiger partial charge in [-0.25, -0.2) is 23.1 Å². The molecule has 0 amide bonds. The highest BCUT2D eigenvalue weighted by atomic mass is 32.2. The van der Waals surface area contributed by atoms with E-state index < -0.39 is 9.84 Å². The molecule has 0 atom stereocenters. The Bertz CT molecular complexity index is 1300. The van der Waals surface area contributed by atoms with Gasteiger partial charge in [0.25, 0.3) is 0 Å². The van der Waals surface area contributed by atoms with E-state index >= 15 is 0 Å². The lowest BCUT2D eigenvalue weighted by atomic mass is 10.1. The summed E-state index contributed by atoms with van der Waals surface area (Å²) in [6.07, 6.45) is 0. The van der Waals surface area contributed by atoms with Gasteiger partial charge in [-0.15, -0.1) is 0 Å². The van der Waals surface area contributed by atoms with Crippen molar-refractivity contribution in [1.82, 2.24) is 14.7 Å². The second kappa shape index (κ2) is 7.99. The fraction of sp³-hybridized carbons (Fsp3) is 0.409. The maximum absolute atomic E-state index is 12.5. The molecule has 0 bridgehead atoms. The third-order valence-electron chi connectivity index (χ3n) is 6.44. The van der Waals surface area contributed by atoms with Crippen LogP contribution < -0.4 is 20.8 Å². The third-order valence-corrected chi connectivity index (χ3v) is 8.05. The number of carbonyl (C=O) groups is 1. The number of ketones is 1. The molecule has 0 spiro atoms. The molecule has 10 nitrogen and oxygen atoms in total. The molecule has 2 saturated heterocycles. The lowest BCUT2D eigenvalue weighted by Crippen LogP contribution is -2.43. The Morgan fingerprint density at radius 3 is 2.48 bits per heavy atom. The van der Waals surface area contributed by atoms with Crippen molar-refractivity contribution >= 4 is 32.7 Å². The SMILES string of the molecule is CC(=O)c1c(N2CCS(=O)(=O)CC2)nc2n(c1=N)NC/C2=C1\CN(C)N(c2ccccc2)C1. The molecule has 174 valence electrons.